The second-order valence-electron chi connectivity index (χ2n) is 5.03. The Kier molecular flexibility index (Phi) is 3.36. The number of hydrogen-bond donors (Lipinski definition) is 1. The van der Waals surface area contributed by atoms with Crippen molar-refractivity contribution in [3.63, 3.8) is 0 Å². The maximum atomic E-state index is 11.6. The smallest absolute Gasteiger partial charge is 0.194 e. The van der Waals surface area contributed by atoms with Crippen molar-refractivity contribution in [2.75, 3.05) is 11.5 Å². The highest BCUT2D eigenvalue weighted by molar-refractivity contribution is 7.91. The van der Waals surface area contributed by atoms with Crippen molar-refractivity contribution >= 4 is 26.1 Å². The summed E-state index contributed by atoms with van der Waals surface area (Å²) in [5, 5.41) is 5.38. The van der Waals surface area contributed by atoms with Gasteiger partial charge in [-0.1, -0.05) is 0 Å². The van der Waals surface area contributed by atoms with E-state index < -0.39 is 9.84 Å². The minimum atomic E-state index is -2.85. The van der Waals surface area contributed by atoms with Crippen LogP contribution in [0, 0.1) is 6.92 Å². The van der Waals surface area contributed by atoms with Gasteiger partial charge < -0.3 is 5.32 Å². The van der Waals surface area contributed by atoms with E-state index in [1.807, 2.05) is 18.5 Å². The van der Waals surface area contributed by atoms with Crippen LogP contribution in [0.2, 0.25) is 0 Å². The van der Waals surface area contributed by atoms with Gasteiger partial charge in [0.05, 0.1) is 22.9 Å². The standard InChI is InChI=1S/C12H17N3O2S2/c1-9-11(15-4-5-18-12(15)14-9)7-13-10-3-2-6-19(16,17)8-10/h4-5,10,13H,2-3,6-8H2,1H3. The maximum Gasteiger partial charge on any atom is 0.194 e. The lowest BCUT2D eigenvalue weighted by molar-refractivity contribution is 0.476. The van der Waals surface area contributed by atoms with Crippen molar-refractivity contribution in [2.24, 2.45) is 0 Å². The number of rotatable bonds is 3. The van der Waals surface area contributed by atoms with Crippen LogP contribution in [0.5, 0.6) is 0 Å². The first kappa shape index (κ1) is 13.1. The molecule has 0 spiro atoms. The zero-order valence-corrected chi connectivity index (χ0v) is 12.4. The summed E-state index contributed by atoms with van der Waals surface area (Å²) in [6, 6.07) is 0.0716. The number of fused-ring (bicyclic) bond motifs is 1. The van der Waals surface area contributed by atoms with Crippen molar-refractivity contribution < 1.29 is 8.42 Å². The summed E-state index contributed by atoms with van der Waals surface area (Å²) in [6.45, 7) is 2.66. The molecule has 0 radical (unpaired) electrons. The van der Waals surface area contributed by atoms with Gasteiger partial charge in [0, 0.05) is 24.2 Å². The molecule has 1 aliphatic rings. The van der Waals surface area contributed by atoms with E-state index in [-0.39, 0.29) is 11.8 Å². The average molecular weight is 299 g/mol. The molecule has 2 aromatic rings. The molecule has 104 valence electrons. The van der Waals surface area contributed by atoms with Crippen LogP contribution in [0.4, 0.5) is 0 Å². The first-order valence-corrected chi connectivity index (χ1v) is 9.10. The number of thiazole rings is 1. The topological polar surface area (TPSA) is 63.5 Å². The Balaban J connectivity index is 1.72. The Morgan fingerprint density at radius 2 is 2.42 bits per heavy atom. The third-order valence-electron chi connectivity index (χ3n) is 3.58. The van der Waals surface area contributed by atoms with Crippen molar-refractivity contribution in [1.29, 1.82) is 0 Å². The van der Waals surface area contributed by atoms with Crippen molar-refractivity contribution in [3.8, 4) is 0 Å². The van der Waals surface area contributed by atoms with E-state index >= 15 is 0 Å². The van der Waals surface area contributed by atoms with Crippen LogP contribution in [0.25, 0.3) is 4.96 Å². The Morgan fingerprint density at radius 3 is 3.21 bits per heavy atom. The summed E-state index contributed by atoms with van der Waals surface area (Å²) < 4.78 is 25.3. The van der Waals surface area contributed by atoms with Gasteiger partial charge in [0.15, 0.2) is 14.8 Å². The van der Waals surface area contributed by atoms with Gasteiger partial charge in [0.2, 0.25) is 0 Å². The number of sulfone groups is 1. The molecule has 1 N–H and O–H groups in total. The van der Waals surface area contributed by atoms with E-state index in [9.17, 15) is 8.42 Å². The molecule has 0 aliphatic carbocycles. The quantitative estimate of drug-likeness (QED) is 0.930. The largest absolute Gasteiger partial charge is 0.307 e. The minimum Gasteiger partial charge on any atom is -0.307 e. The summed E-state index contributed by atoms with van der Waals surface area (Å²) in [5.74, 6) is 0.600. The van der Waals surface area contributed by atoms with Crippen molar-refractivity contribution in [3.05, 3.63) is 23.0 Å². The number of aromatic nitrogens is 2. The molecule has 1 aliphatic heterocycles. The van der Waals surface area contributed by atoms with Gasteiger partial charge in [0.1, 0.15) is 0 Å². The van der Waals surface area contributed by atoms with Gasteiger partial charge in [-0.3, -0.25) is 4.40 Å². The van der Waals surface area contributed by atoms with Crippen LogP contribution in [-0.2, 0) is 16.4 Å². The first-order chi connectivity index (χ1) is 9.05. The monoisotopic (exact) mass is 299 g/mol. The number of hydrogen-bond acceptors (Lipinski definition) is 5. The number of imidazole rings is 1. The highest BCUT2D eigenvalue weighted by Crippen LogP contribution is 2.18. The fourth-order valence-corrected chi connectivity index (χ4v) is 5.03. The zero-order valence-electron chi connectivity index (χ0n) is 10.8. The van der Waals surface area contributed by atoms with Crippen LogP contribution in [-0.4, -0.2) is 35.4 Å². The summed E-state index contributed by atoms with van der Waals surface area (Å²) in [5.41, 5.74) is 2.14. The summed E-state index contributed by atoms with van der Waals surface area (Å²) in [6.07, 6.45) is 3.71. The molecular weight excluding hydrogens is 282 g/mol. The normalized spacial score (nSPS) is 22.9. The Hall–Kier alpha value is -0.920. The second kappa shape index (κ2) is 4.88. The minimum absolute atomic E-state index is 0.0716. The molecule has 0 amide bonds. The third kappa shape index (κ3) is 2.68. The molecule has 3 heterocycles. The number of nitrogens with one attached hydrogen (secondary N) is 1. The third-order valence-corrected chi connectivity index (χ3v) is 6.16. The Morgan fingerprint density at radius 1 is 1.58 bits per heavy atom. The predicted octanol–water partition coefficient (Wildman–Crippen LogP) is 1.37. The van der Waals surface area contributed by atoms with Crippen LogP contribution >= 0.6 is 11.3 Å². The van der Waals surface area contributed by atoms with Crippen LogP contribution in [0.1, 0.15) is 24.2 Å². The fraction of sp³-hybridized carbons (Fsp3) is 0.583. The highest BCUT2D eigenvalue weighted by atomic mass is 32.2. The molecule has 7 heteroatoms. The van der Waals surface area contributed by atoms with Gasteiger partial charge in [-0.15, -0.1) is 11.3 Å². The molecule has 0 aromatic carbocycles. The molecule has 0 saturated carbocycles. The van der Waals surface area contributed by atoms with E-state index in [0.717, 1.165) is 29.2 Å². The zero-order chi connectivity index (χ0) is 13.5. The summed E-state index contributed by atoms with van der Waals surface area (Å²) >= 11 is 1.61. The summed E-state index contributed by atoms with van der Waals surface area (Å²) in [4.78, 5) is 5.48. The molecule has 5 nitrogen and oxygen atoms in total. The molecule has 0 bridgehead atoms. The van der Waals surface area contributed by atoms with Crippen LogP contribution in [0.3, 0.4) is 0 Å². The average Bonchev–Trinajstić information content (AvgIpc) is 2.86. The van der Waals surface area contributed by atoms with Crippen LogP contribution < -0.4 is 5.32 Å². The van der Waals surface area contributed by atoms with E-state index in [1.54, 1.807) is 11.3 Å². The Bertz CT molecular complexity index is 687. The number of nitrogens with zero attached hydrogens (tertiary/aromatic N) is 2. The van der Waals surface area contributed by atoms with Gasteiger partial charge >= 0.3 is 0 Å². The lowest BCUT2D eigenvalue weighted by Gasteiger charge is -2.23. The molecule has 1 fully saturated rings. The van der Waals surface area contributed by atoms with Crippen molar-refractivity contribution in [1.82, 2.24) is 14.7 Å². The maximum absolute atomic E-state index is 11.6. The Labute approximate surface area is 116 Å². The van der Waals surface area contributed by atoms with Gasteiger partial charge in [-0.2, -0.15) is 0 Å². The van der Waals surface area contributed by atoms with E-state index in [2.05, 4.69) is 14.7 Å². The SMILES string of the molecule is Cc1nc2sccn2c1CNC1CCCS(=O)(=O)C1. The highest BCUT2D eigenvalue weighted by Gasteiger charge is 2.24. The summed E-state index contributed by atoms with van der Waals surface area (Å²) in [7, 11) is -2.85. The fourth-order valence-electron chi connectivity index (χ4n) is 2.58. The molecule has 3 rings (SSSR count). The van der Waals surface area contributed by atoms with Gasteiger partial charge in [-0.05, 0) is 19.8 Å². The molecule has 19 heavy (non-hydrogen) atoms. The molecule has 1 unspecified atom stereocenters. The molecule has 1 saturated heterocycles. The molecule has 1 atom stereocenters. The molecule has 2 aromatic heterocycles. The molecular formula is C12H17N3O2S2. The second-order valence-corrected chi connectivity index (χ2v) is 8.14. The van der Waals surface area contributed by atoms with Crippen LogP contribution in [0.15, 0.2) is 11.6 Å². The predicted molar refractivity (Wildman–Crippen MR) is 76.3 cm³/mol. The van der Waals surface area contributed by atoms with Gasteiger partial charge in [0.25, 0.3) is 0 Å². The van der Waals surface area contributed by atoms with E-state index in [0.29, 0.717) is 12.3 Å². The van der Waals surface area contributed by atoms with E-state index in [1.165, 1.54) is 0 Å². The first-order valence-electron chi connectivity index (χ1n) is 6.40. The van der Waals surface area contributed by atoms with Crippen molar-refractivity contribution in [2.45, 2.75) is 32.4 Å². The number of aryl methyl sites for hydroxylation is 1. The van der Waals surface area contributed by atoms with E-state index in [4.69, 9.17) is 0 Å². The van der Waals surface area contributed by atoms with Gasteiger partial charge in [-0.25, -0.2) is 13.4 Å². The lowest BCUT2D eigenvalue weighted by atomic mass is 10.2. The lowest BCUT2D eigenvalue weighted by Crippen LogP contribution is -2.40.